The van der Waals surface area contributed by atoms with E-state index in [0.29, 0.717) is 6.42 Å². The fourth-order valence-corrected chi connectivity index (χ4v) is 0.956. The molecule has 0 atom stereocenters. The Labute approximate surface area is 74.1 Å². The molecule has 0 aromatic heterocycles. The van der Waals surface area contributed by atoms with Gasteiger partial charge in [0.25, 0.3) is 0 Å². The molecule has 2 nitrogen and oxygen atoms in total. The van der Waals surface area contributed by atoms with Crippen LogP contribution < -0.4 is 0 Å². The molecule has 0 aliphatic rings. The second kappa shape index (κ2) is 9.72. The van der Waals surface area contributed by atoms with E-state index >= 15 is 0 Å². The molecule has 0 fully saturated rings. The Bertz CT molecular complexity index is 193. The lowest BCUT2D eigenvalue weighted by atomic mass is 10.1. The normalized spacial score (nSPS) is 9.50. The van der Waals surface area contributed by atoms with E-state index in [2.05, 4.69) is 6.07 Å². The number of nitrogens with zero attached hydrogens (tertiary/aromatic N) is 2. The van der Waals surface area contributed by atoms with Crippen molar-refractivity contribution in [3.63, 3.8) is 0 Å². The highest BCUT2D eigenvalue weighted by Crippen LogP contribution is 2.04. The molecule has 0 radical (unpaired) electrons. The van der Waals surface area contributed by atoms with Crippen LogP contribution in [-0.2, 0) is 0 Å². The molecule has 64 valence electrons. The Kier molecular flexibility index (Phi) is 8.68. The second-order valence-electron chi connectivity index (χ2n) is 2.64. The summed E-state index contributed by atoms with van der Waals surface area (Å²) in [6.07, 6.45) is 9.52. The van der Waals surface area contributed by atoms with Crippen LogP contribution in [0.2, 0.25) is 0 Å². The molecule has 0 aromatic rings. The van der Waals surface area contributed by atoms with E-state index in [1.54, 1.807) is 0 Å². The minimum atomic E-state index is 0.675. The van der Waals surface area contributed by atoms with Gasteiger partial charge in [0, 0.05) is 12.5 Å². The van der Waals surface area contributed by atoms with Crippen LogP contribution in [0, 0.1) is 22.7 Å². The standard InChI is InChI=1S/C10H14N2/c11-9-7-5-3-1-2-4-6-8-10-12/h5,7H,1-4,6,8H2. The predicted molar refractivity (Wildman–Crippen MR) is 48.1 cm³/mol. The number of unbranched alkanes of at least 4 members (excludes halogenated alkanes) is 5. The average Bonchev–Trinajstić information content (AvgIpc) is 2.10. The second-order valence-corrected chi connectivity index (χ2v) is 2.64. The molecule has 2 heteroatoms. The fourth-order valence-electron chi connectivity index (χ4n) is 0.956. The van der Waals surface area contributed by atoms with Gasteiger partial charge in [-0.1, -0.05) is 18.9 Å². The summed E-state index contributed by atoms with van der Waals surface area (Å²) in [5, 5.41) is 16.4. The molecular formula is C10H14N2. The summed E-state index contributed by atoms with van der Waals surface area (Å²) in [5.74, 6) is 0. The quantitative estimate of drug-likeness (QED) is 0.445. The fraction of sp³-hybridized carbons (Fsp3) is 0.600. The smallest absolute Gasteiger partial charge is 0.0908 e. The summed E-state index contributed by atoms with van der Waals surface area (Å²) < 4.78 is 0. The molecule has 0 saturated carbocycles. The largest absolute Gasteiger partial charge is 0.198 e. The van der Waals surface area contributed by atoms with Gasteiger partial charge in [0.05, 0.1) is 12.1 Å². The first-order valence-electron chi connectivity index (χ1n) is 4.33. The van der Waals surface area contributed by atoms with Crippen molar-refractivity contribution in [1.29, 1.82) is 10.5 Å². The number of rotatable bonds is 6. The molecule has 0 spiro atoms. The highest BCUT2D eigenvalue weighted by atomic mass is 14.2. The van der Waals surface area contributed by atoms with Crippen LogP contribution in [0.25, 0.3) is 0 Å². The van der Waals surface area contributed by atoms with E-state index in [4.69, 9.17) is 10.5 Å². The van der Waals surface area contributed by atoms with Crippen LogP contribution in [0.1, 0.15) is 38.5 Å². The number of hydrogen-bond donors (Lipinski definition) is 0. The van der Waals surface area contributed by atoms with Gasteiger partial charge in [-0.15, -0.1) is 0 Å². The zero-order valence-corrected chi connectivity index (χ0v) is 7.29. The van der Waals surface area contributed by atoms with Gasteiger partial charge < -0.3 is 0 Å². The van der Waals surface area contributed by atoms with Crippen LogP contribution in [-0.4, -0.2) is 0 Å². The van der Waals surface area contributed by atoms with Gasteiger partial charge in [-0.2, -0.15) is 10.5 Å². The lowest BCUT2D eigenvalue weighted by Crippen LogP contribution is -1.76. The summed E-state index contributed by atoms with van der Waals surface area (Å²) in [4.78, 5) is 0. The zero-order valence-electron chi connectivity index (χ0n) is 7.29. The van der Waals surface area contributed by atoms with Crippen LogP contribution in [0.4, 0.5) is 0 Å². The van der Waals surface area contributed by atoms with E-state index in [1.165, 1.54) is 6.08 Å². The third kappa shape index (κ3) is 8.72. The molecule has 0 amide bonds. The predicted octanol–water partition coefficient (Wildman–Crippen LogP) is 2.93. The lowest BCUT2D eigenvalue weighted by Gasteiger charge is -1.94. The number of hydrogen-bond acceptors (Lipinski definition) is 2. The topological polar surface area (TPSA) is 47.6 Å². The SMILES string of the molecule is N#CC=CCCCCCCC#N. The Hall–Kier alpha value is -1.28. The van der Waals surface area contributed by atoms with Crippen LogP contribution in [0.3, 0.4) is 0 Å². The van der Waals surface area contributed by atoms with Crippen LogP contribution in [0.15, 0.2) is 12.2 Å². The molecule has 0 rings (SSSR count). The van der Waals surface area contributed by atoms with Crippen molar-refractivity contribution >= 4 is 0 Å². The van der Waals surface area contributed by atoms with Gasteiger partial charge in [-0.05, 0) is 19.3 Å². The van der Waals surface area contributed by atoms with E-state index in [9.17, 15) is 0 Å². The van der Waals surface area contributed by atoms with E-state index in [1.807, 2.05) is 12.1 Å². The van der Waals surface area contributed by atoms with Gasteiger partial charge in [-0.25, -0.2) is 0 Å². The first-order chi connectivity index (χ1) is 5.91. The summed E-state index contributed by atoms with van der Waals surface area (Å²) >= 11 is 0. The molecule has 0 heterocycles. The molecular weight excluding hydrogens is 148 g/mol. The van der Waals surface area contributed by atoms with Crippen LogP contribution in [0.5, 0.6) is 0 Å². The monoisotopic (exact) mass is 162 g/mol. The highest BCUT2D eigenvalue weighted by Gasteiger charge is 1.87. The van der Waals surface area contributed by atoms with E-state index in [-0.39, 0.29) is 0 Å². The van der Waals surface area contributed by atoms with Crippen molar-refractivity contribution in [2.24, 2.45) is 0 Å². The van der Waals surface area contributed by atoms with Gasteiger partial charge in [0.2, 0.25) is 0 Å². The number of allylic oxidation sites excluding steroid dienone is 2. The van der Waals surface area contributed by atoms with Crippen molar-refractivity contribution in [3.05, 3.63) is 12.2 Å². The Morgan fingerprint density at radius 3 is 2.42 bits per heavy atom. The molecule has 12 heavy (non-hydrogen) atoms. The van der Waals surface area contributed by atoms with Crippen molar-refractivity contribution < 1.29 is 0 Å². The van der Waals surface area contributed by atoms with Gasteiger partial charge in [0.15, 0.2) is 0 Å². The first kappa shape index (κ1) is 10.7. The Morgan fingerprint density at radius 1 is 1.00 bits per heavy atom. The van der Waals surface area contributed by atoms with E-state index in [0.717, 1.165) is 32.1 Å². The van der Waals surface area contributed by atoms with Gasteiger partial charge in [0.1, 0.15) is 0 Å². The van der Waals surface area contributed by atoms with Crippen molar-refractivity contribution in [2.75, 3.05) is 0 Å². The summed E-state index contributed by atoms with van der Waals surface area (Å²) in [6.45, 7) is 0. The third-order valence-electron chi connectivity index (χ3n) is 1.60. The molecule has 0 bridgehead atoms. The molecule has 0 aromatic carbocycles. The highest BCUT2D eigenvalue weighted by molar-refractivity contribution is 5.01. The Morgan fingerprint density at radius 2 is 1.75 bits per heavy atom. The van der Waals surface area contributed by atoms with Gasteiger partial charge in [-0.3, -0.25) is 0 Å². The zero-order chi connectivity index (χ0) is 9.07. The third-order valence-corrected chi connectivity index (χ3v) is 1.60. The lowest BCUT2D eigenvalue weighted by molar-refractivity contribution is 0.655. The molecule has 0 aliphatic heterocycles. The summed E-state index contributed by atoms with van der Waals surface area (Å²) in [6, 6.07) is 4.08. The van der Waals surface area contributed by atoms with Gasteiger partial charge >= 0.3 is 0 Å². The van der Waals surface area contributed by atoms with E-state index < -0.39 is 0 Å². The minimum Gasteiger partial charge on any atom is -0.198 e. The molecule has 0 N–H and O–H groups in total. The average molecular weight is 162 g/mol. The van der Waals surface area contributed by atoms with Crippen LogP contribution >= 0.6 is 0 Å². The van der Waals surface area contributed by atoms with Crippen molar-refractivity contribution in [1.82, 2.24) is 0 Å². The number of nitriles is 2. The van der Waals surface area contributed by atoms with Crippen molar-refractivity contribution in [2.45, 2.75) is 38.5 Å². The molecule has 0 saturated heterocycles. The molecule has 0 unspecified atom stereocenters. The Balaban J connectivity index is 2.98. The maximum absolute atomic E-state index is 8.24. The van der Waals surface area contributed by atoms with Crippen molar-refractivity contribution in [3.8, 4) is 12.1 Å². The maximum Gasteiger partial charge on any atom is 0.0908 e. The molecule has 0 aliphatic carbocycles. The summed E-state index contributed by atoms with van der Waals surface area (Å²) in [5.41, 5.74) is 0. The first-order valence-corrected chi connectivity index (χ1v) is 4.33. The maximum atomic E-state index is 8.24. The minimum absolute atomic E-state index is 0.675. The summed E-state index contributed by atoms with van der Waals surface area (Å²) in [7, 11) is 0.